The van der Waals surface area contributed by atoms with Crippen molar-refractivity contribution in [1.29, 1.82) is 0 Å². The van der Waals surface area contributed by atoms with E-state index in [1.165, 1.54) is 0 Å². The maximum absolute atomic E-state index is 11.5. The number of carboxylic acids is 1. The summed E-state index contributed by atoms with van der Waals surface area (Å²) in [5.74, 6) is -1.04. The smallest absolute Gasteiger partial charge is 0.303 e. The number of aromatic amines is 1. The van der Waals surface area contributed by atoms with Crippen molar-refractivity contribution in [2.24, 2.45) is 0 Å². The van der Waals surface area contributed by atoms with Crippen molar-refractivity contribution in [1.82, 2.24) is 25.3 Å². The lowest BCUT2D eigenvalue weighted by Crippen LogP contribution is -2.30. The summed E-state index contributed by atoms with van der Waals surface area (Å²) in [5.41, 5.74) is 0. The molecule has 1 rings (SSSR count). The van der Waals surface area contributed by atoms with Gasteiger partial charge in [0.1, 0.15) is 0 Å². The molecule has 1 heterocycles. The van der Waals surface area contributed by atoms with Crippen LogP contribution in [-0.2, 0) is 14.8 Å². The van der Waals surface area contributed by atoms with Gasteiger partial charge in [-0.05, 0) is 13.3 Å². The van der Waals surface area contributed by atoms with E-state index in [-0.39, 0.29) is 24.4 Å². The van der Waals surface area contributed by atoms with E-state index in [1.807, 2.05) is 0 Å². The third-order valence-corrected chi connectivity index (χ3v) is 3.45. The lowest BCUT2D eigenvalue weighted by Gasteiger charge is -2.09. The fourth-order valence-electron chi connectivity index (χ4n) is 1.15. The molecule has 0 aliphatic heterocycles. The largest absolute Gasteiger partial charge is 0.481 e. The van der Waals surface area contributed by atoms with E-state index in [4.69, 9.17) is 5.11 Å². The summed E-state index contributed by atoms with van der Waals surface area (Å²) in [7, 11) is -3.54. The highest BCUT2D eigenvalue weighted by Crippen LogP contribution is 2.06. The van der Waals surface area contributed by atoms with Crippen molar-refractivity contribution in [2.75, 3.05) is 5.75 Å². The average Bonchev–Trinajstić information content (AvgIpc) is 2.68. The molecule has 0 aliphatic rings. The molecule has 0 aliphatic carbocycles. The van der Waals surface area contributed by atoms with E-state index in [9.17, 15) is 13.2 Å². The number of carboxylic acid groups (broad SMARTS) is 1. The molecule has 0 amide bonds. The minimum atomic E-state index is -3.54. The first kappa shape index (κ1) is 13.5. The Bertz CT molecular complexity index is 457. The summed E-state index contributed by atoms with van der Waals surface area (Å²) in [6.07, 6.45) is -0.124. The van der Waals surface area contributed by atoms with Gasteiger partial charge in [-0.25, -0.2) is 13.1 Å². The normalized spacial score (nSPS) is 13.5. The standard InChI is InChI=1S/C7H13N5O4S/c1-5(7-8-11-12-9-7)10-17(15,16)4-2-3-6(13)14/h5,10H,2-4H2,1H3,(H,13,14)(H,8,9,11,12). The highest BCUT2D eigenvalue weighted by molar-refractivity contribution is 7.89. The quantitative estimate of drug-likeness (QED) is 0.576. The second-order valence-electron chi connectivity index (χ2n) is 3.43. The first-order chi connectivity index (χ1) is 7.91. The Labute approximate surface area is 97.7 Å². The molecule has 0 bridgehead atoms. The first-order valence-electron chi connectivity index (χ1n) is 4.86. The van der Waals surface area contributed by atoms with Crippen LogP contribution in [0.2, 0.25) is 0 Å². The van der Waals surface area contributed by atoms with E-state index in [2.05, 4.69) is 25.3 Å². The minimum Gasteiger partial charge on any atom is -0.481 e. The van der Waals surface area contributed by atoms with Gasteiger partial charge in [-0.15, -0.1) is 10.2 Å². The number of aromatic nitrogens is 4. The van der Waals surface area contributed by atoms with Crippen LogP contribution in [0.25, 0.3) is 0 Å². The summed E-state index contributed by atoms with van der Waals surface area (Å²) >= 11 is 0. The van der Waals surface area contributed by atoms with Crippen LogP contribution < -0.4 is 4.72 Å². The van der Waals surface area contributed by atoms with Crippen LogP contribution in [0.3, 0.4) is 0 Å². The van der Waals surface area contributed by atoms with Crippen LogP contribution in [-0.4, -0.2) is 45.9 Å². The molecule has 9 nitrogen and oxygen atoms in total. The Balaban J connectivity index is 2.46. The monoisotopic (exact) mass is 263 g/mol. The zero-order valence-electron chi connectivity index (χ0n) is 9.12. The summed E-state index contributed by atoms with van der Waals surface area (Å²) < 4.78 is 25.4. The topological polar surface area (TPSA) is 138 Å². The Kier molecular flexibility index (Phi) is 4.52. The maximum Gasteiger partial charge on any atom is 0.303 e. The molecule has 96 valence electrons. The number of rotatable bonds is 7. The number of H-pyrrole nitrogens is 1. The summed E-state index contributed by atoms with van der Waals surface area (Å²) in [6.45, 7) is 1.57. The number of nitrogens with zero attached hydrogens (tertiary/aromatic N) is 3. The van der Waals surface area contributed by atoms with Crippen molar-refractivity contribution >= 4 is 16.0 Å². The van der Waals surface area contributed by atoms with Crippen LogP contribution in [0.1, 0.15) is 31.6 Å². The Hall–Kier alpha value is -1.55. The van der Waals surface area contributed by atoms with Crippen molar-refractivity contribution in [2.45, 2.75) is 25.8 Å². The molecule has 3 N–H and O–H groups in total. The SMILES string of the molecule is CC(NS(=O)(=O)CCCC(=O)O)c1nn[nH]n1. The number of carbonyl (C=O) groups is 1. The molecule has 10 heteroatoms. The molecule has 1 atom stereocenters. The highest BCUT2D eigenvalue weighted by atomic mass is 32.2. The average molecular weight is 263 g/mol. The van der Waals surface area contributed by atoms with Crippen LogP contribution in [0.4, 0.5) is 0 Å². The van der Waals surface area contributed by atoms with Gasteiger partial charge in [-0.1, -0.05) is 5.21 Å². The van der Waals surface area contributed by atoms with Gasteiger partial charge in [-0.3, -0.25) is 4.79 Å². The fourth-order valence-corrected chi connectivity index (χ4v) is 2.43. The van der Waals surface area contributed by atoms with Crippen LogP contribution in [0, 0.1) is 0 Å². The summed E-state index contributed by atoms with van der Waals surface area (Å²) in [4.78, 5) is 10.2. The Morgan fingerprint density at radius 1 is 1.59 bits per heavy atom. The number of tetrazole rings is 1. The van der Waals surface area contributed by atoms with Gasteiger partial charge in [0, 0.05) is 6.42 Å². The number of hydrogen-bond donors (Lipinski definition) is 3. The van der Waals surface area contributed by atoms with Crippen molar-refractivity contribution < 1.29 is 18.3 Å². The highest BCUT2D eigenvalue weighted by Gasteiger charge is 2.18. The van der Waals surface area contributed by atoms with E-state index in [1.54, 1.807) is 6.92 Å². The van der Waals surface area contributed by atoms with Gasteiger partial charge in [0.05, 0.1) is 11.8 Å². The van der Waals surface area contributed by atoms with Crippen LogP contribution >= 0.6 is 0 Å². The van der Waals surface area contributed by atoms with Crippen LogP contribution in [0.5, 0.6) is 0 Å². The zero-order chi connectivity index (χ0) is 12.9. The third kappa shape index (κ3) is 4.87. The molecule has 1 aromatic heterocycles. The van der Waals surface area contributed by atoms with Crippen LogP contribution in [0.15, 0.2) is 0 Å². The van der Waals surface area contributed by atoms with Gasteiger partial charge in [-0.2, -0.15) is 5.21 Å². The predicted molar refractivity (Wildman–Crippen MR) is 56.4 cm³/mol. The van der Waals surface area contributed by atoms with Gasteiger partial charge < -0.3 is 5.11 Å². The predicted octanol–water partition coefficient (Wildman–Crippen LogP) is -0.955. The number of hydrogen-bond acceptors (Lipinski definition) is 6. The summed E-state index contributed by atoms with van der Waals surface area (Å²) in [6, 6.07) is -0.608. The van der Waals surface area contributed by atoms with Crippen molar-refractivity contribution in [3.63, 3.8) is 0 Å². The second-order valence-corrected chi connectivity index (χ2v) is 5.30. The second kappa shape index (κ2) is 5.68. The molecule has 0 radical (unpaired) electrons. The Morgan fingerprint density at radius 3 is 2.82 bits per heavy atom. The molecule has 0 fully saturated rings. The third-order valence-electron chi connectivity index (χ3n) is 1.91. The van der Waals surface area contributed by atoms with E-state index in [0.29, 0.717) is 0 Å². The van der Waals surface area contributed by atoms with E-state index >= 15 is 0 Å². The molecular weight excluding hydrogens is 250 g/mol. The molecule has 17 heavy (non-hydrogen) atoms. The molecular formula is C7H13N5O4S. The van der Waals surface area contributed by atoms with E-state index < -0.39 is 22.0 Å². The van der Waals surface area contributed by atoms with Gasteiger partial charge >= 0.3 is 5.97 Å². The van der Waals surface area contributed by atoms with Gasteiger partial charge in [0.25, 0.3) is 0 Å². The first-order valence-corrected chi connectivity index (χ1v) is 6.51. The van der Waals surface area contributed by atoms with Gasteiger partial charge in [0.15, 0.2) is 5.82 Å². The molecule has 0 saturated heterocycles. The Morgan fingerprint density at radius 2 is 2.29 bits per heavy atom. The number of sulfonamides is 1. The van der Waals surface area contributed by atoms with Crippen molar-refractivity contribution in [3.8, 4) is 0 Å². The zero-order valence-corrected chi connectivity index (χ0v) is 9.94. The fraction of sp³-hybridized carbons (Fsp3) is 0.714. The number of aliphatic carboxylic acids is 1. The molecule has 0 spiro atoms. The van der Waals surface area contributed by atoms with Crippen molar-refractivity contribution in [3.05, 3.63) is 5.82 Å². The molecule has 0 aromatic carbocycles. The molecule has 1 aromatic rings. The molecule has 1 unspecified atom stereocenters. The summed E-state index contributed by atoms with van der Waals surface area (Å²) in [5, 5.41) is 21.2. The minimum absolute atomic E-state index is 0.0592. The number of nitrogens with one attached hydrogen (secondary N) is 2. The lowest BCUT2D eigenvalue weighted by molar-refractivity contribution is -0.137. The lowest BCUT2D eigenvalue weighted by atomic mass is 10.3. The van der Waals surface area contributed by atoms with E-state index in [0.717, 1.165) is 0 Å². The van der Waals surface area contributed by atoms with Gasteiger partial charge in [0.2, 0.25) is 10.0 Å². The molecule has 0 saturated carbocycles. The maximum atomic E-state index is 11.5.